The summed E-state index contributed by atoms with van der Waals surface area (Å²) < 4.78 is 2.67. The highest BCUT2D eigenvalue weighted by molar-refractivity contribution is 7.71. The van der Waals surface area contributed by atoms with Gasteiger partial charge >= 0.3 is 0 Å². The van der Waals surface area contributed by atoms with Gasteiger partial charge < -0.3 is 5.32 Å². The van der Waals surface area contributed by atoms with Gasteiger partial charge in [0.05, 0.1) is 6.54 Å². The highest BCUT2D eigenvalue weighted by Crippen LogP contribution is 2.35. The van der Waals surface area contributed by atoms with Gasteiger partial charge in [0.25, 0.3) is 0 Å². The molecule has 0 aliphatic heterocycles. The molecular formula is C11H18N4OS. The van der Waals surface area contributed by atoms with Crippen molar-refractivity contribution in [3.05, 3.63) is 10.6 Å². The summed E-state index contributed by atoms with van der Waals surface area (Å²) in [7, 11) is 0. The Morgan fingerprint density at radius 1 is 1.71 bits per heavy atom. The number of amides is 1. The van der Waals surface area contributed by atoms with Gasteiger partial charge in [-0.25, -0.2) is 0 Å². The van der Waals surface area contributed by atoms with Crippen LogP contribution in [-0.4, -0.2) is 20.7 Å². The van der Waals surface area contributed by atoms with Gasteiger partial charge in [0.15, 0.2) is 10.6 Å². The minimum Gasteiger partial charge on any atom is -0.349 e. The third-order valence-electron chi connectivity index (χ3n) is 3.17. The Kier molecular flexibility index (Phi) is 3.61. The number of carbonyl (C=O) groups excluding carboxylic acids is 1. The molecule has 1 fully saturated rings. The van der Waals surface area contributed by atoms with E-state index < -0.39 is 0 Å². The van der Waals surface area contributed by atoms with Crippen LogP contribution in [0.4, 0.5) is 0 Å². The zero-order valence-corrected chi connectivity index (χ0v) is 11.0. The lowest BCUT2D eigenvalue weighted by Crippen LogP contribution is -2.29. The Hall–Kier alpha value is -1.17. The van der Waals surface area contributed by atoms with Crippen molar-refractivity contribution in [2.75, 3.05) is 0 Å². The van der Waals surface area contributed by atoms with Crippen molar-refractivity contribution >= 4 is 18.1 Å². The Morgan fingerprint density at radius 2 is 2.41 bits per heavy atom. The van der Waals surface area contributed by atoms with E-state index in [1.54, 1.807) is 0 Å². The molecule has 2 N–H and O–H groups in total. The maximum atomic E-state index is 11.7. The smallest absolute Gasteiger partial charge is 0.223 e. The summed E-state index contributed by atoms with van der Waals surface area (Å²) in [6.07, 6.45) is 3.15. The van der Waals surface area contributed by atoms with Gasteiger partial charge in [-0.2, -0.15) is 5.10 Å². The van der Waals surface area contributed by atoms with E-state index in [4.69, 9.17) is 12.2 Å². The molecule has 0 spiro atoms. The van der Waals surface area contributed by atoms with E-state index in [1.807, 2.05) is 18.4 Å². The lowest BCUT2D eigenvalue weighted by Gasteiger charge is -2.10. The first-order valence-electron chi connectivity index (χ1n) is 6.07. The van der Waals surface area contributed by atoms with Gasteiger partial charge in [-0.1, -0.05) is 13.8 Å². The lowest BCUT2D eigenvalue weighted by atomic mass is 10.1. The minimum atomic E-state index is 0.0475. The van der Waals surface area contributed by atoms with E-state index in [-0.39, 0.29) is 11.8 Å². The Bertz CT molecular complexity index is 460. The lowest BCUT2D eigenvalue weighted by molar-refractivity contribution is -0.124. The Labute approximate surface area is 106 Å². The summed E-state index contributed by atoms with van der Waals surface area (Å²) in [5.74, 6) is 0.948. The van der Waals surface area contributed by atoms with Crippen LogP contribution in [0.25, 0.3) is 0 Å². The monoisotopic (exact) mass is 254 g/mol. The standard InChI is InChI=1S/C11H18N4OS/c1-3-7(2)10(16)12-6-9-13-14-11(17)15(9)8-4-5-8/h7-8H,3-6H2,1-2H3,(H,12,16)(H,14,17)/t7-/m0/s1. The maximum Gasteiger partial charge on any atom is 0.223 e. The van der Waals surface area contributed by atoms with Gasteiger partial charge in [0.1, 0.15) is 0 Å². The molecule has 6 heteroatoms. The molecule has 1 heterocycles. The van der Waals surface area contributed by atoms with Crippen molar-refractivity contribution in [1.29, 1.82) is 0 Å². The normalized spacial score (nSPS) is 16.8. The molecule has 1 aromatic heterocycles. The number of nitrogens with one attached hydrogen (secondary N) is 2. The van der Waals surface area contributed by atoms with E-state index in [2.05, 4.69) is 15.5 Å². The first kappa shape index (κ1) is 12.3. The number of H-pyrrole nitrogens is 1. The Balaban J connectivity index is 1.99. The molecule has 0 aromatic carbocycles. The molecular weight excluding hydrogens is 236 g/mol. The molecule has 1 saturated carbocycles. The molecule has 0 unspecified atom stereocenters. The molecule has 2 rings (SSSR count). The van der Waals surface area contributed by atoms with Gasteiger partial charge in [-0.15, -0.1) is 0 Å². The second-order valence-corrected chi connectivity index (χ2v) is 4.96. The molecule has 0 saturated heterocycles. The van der Waals surface area contributed by atoms with Gasteiger partial charge in [-0.3, -0.25) is 14.5 Å². The van der Waals surface area contributed by atoms with E-state index >= 15 is 0 Å². The van der Waals surface area contributed by atoms with Crippen LogP contribution < -0.4 is 5.32 Å². The minimum absolute atomic E-state index is 0.0475. The van der Waals surface area contributed by atoms with Crippen molar-refractivity contribution in [2.45, 2.75) is 45.7 Å². The van der Waals surface area contributed by atoms with Gasteiger partial charge in [0.2, 0.25) is 5.91 Å². The van der Waals surface area contributed by atoms with Crippen LogP contribution in [-0.2, 0) is 11.3 Å². The summed E-state index contributed by atoms with van der Waals surface area (Å²) in [4.78, 5) is 11.7. The zero-order valence-electron chi connectivity index (χ0n) is 10.2. The topological polar surface area (TPSA) is 62.7 Å². The maximum absolute atomic E-state index is 11.7. The second kappa shape index (κ2) is 5.00. The molecule has 94 valence electrons. The average molecular weight is 254 g/mol. The molecule has 1 amide bonds. The molecule has 0 bridgehead atoms. The SMILES string of the molecule is CC[C@H](C)C(=O)NCc1n[nH]c(=S)n1C1CC1. The highest BCUT2D eigenvalue weighted by atomic mass is 32.1. The molecule has 0 radical (unpaired) electrons. The van der Waals surface area contributed by atoms with Gasteiger partial charge in [-0.05, 0) is 31.5 Å². The van der Waals surface area contributed by atoms with Crippen molar-refractivity contribution < 1.29 is 4.79 Å². The average Bonchev–Trinajstić information content (AvgIpc) is 3.09. The number of nitrogens with zero attached hydrogens (tertiary/aromatic N) is 2. The number of rotatable bonds is 5. The predicted octanol–water partition coefficient (Wildman–Crippen LogP) is 1.94. The number of aromatic amines is 1. The summed E-state index contributed by atoms with van der Waals surface area (Å²) in [6, 6.07) is 0.483. The summed E-state index contributed by atoms with van der Waals surface area (Å²) >= 11 is 5.18. The largest absolute Gasteiger partial charge is 0.349 e. The fraction of sp³-hybridized carbons (Fsp3) is 0.727. The molecule has 17 heavy (non-hydrogen) atoms. The molecule has 1 aliphatic carbocycles. The fourth-order valence-corrected chi connectivity index (χ4v) is 2.00. The van der Waals surface area contributed by atoms with E-state index in [0.29, 0.717) is 17.4 Å². The summed E-state index contributed by atoms with van der Waals surface area (Å²) in [6.45, 7) is 4.38. The first-order chi connectivity index (χ1) is 8.13. The number of aromatic nitrogens is 3. The predicted molar refractivity (Wildman–Crippen MR) is 67.0 cm³/mol. The van der Waals surface area contributed by atoms with Crippen LogP contribution in [0.15, 0.2) is 0 Å². The second-order valence-electron chi connectivity index (χ2n) is 4.57. The number of carbonyl (C=O) groups is 1. The van der Waals surface area contributed by atoms with E-state index in [0.717, 1.165) is 25.1 Å². The van der Waals surface area contributed by atoms with Crippen LogP contribution in [0, 0.1) is 10.7 Å². The number of hydrogen-bond acceptors (Lipinski definition) is 3. The van der Waals surface area contributed by atoms with Crippen LogP contribution in [0.3, 0.4) is 0 Å². The van der Waals surface area contributed by atoms with E-state index in [9.17, 15) is 4.79 Å². The third kappa shape index (κ3) is 2.74. The highest BCUT2D eigenvalue weighted by Gasteiger charge is 2.27. The van der Waals surface area contributed by atoms with Gasteiger partial charge in [0, 0.05) is 12.0 Å². The summed E-state index contributed by atoms with van der Waals surface area (Å²) in [5, 5.41) is 9.85. The molecule has 1 aliphatic rings. The van der Waals surface area contributed by atoms with Crippen molar-refractivity contribution in [3.63, 3.8) is 0 Å². The fourth-order valence-electron chi connectivity index (χ4n) is 1.70. The Morgan fingerprint density at radius 3 is 3.00 bits per heavy atom. The van der Waals surface area contributed by atoms with Crippen molar-refractivity contribution in [1.82, 2.24) is 20.1 Å². The third-order valence-corrected chi connectivity index (χ3v) is 3.46. The molecule has 1 atom stereocenters. The van der Waals surface area contributed by atoms with Crippen molar-refractivity contribution in [2.24, 2.45) is 5.92 Å². The summed E-state index contributed by atoms with van der Waals surface area (Å²) in [5.41, 5.74) is 0. The van der Waals surface area contributed by atoms with Crippen molar-refractivity contribution in [3.8, 4) is 0 Å². The van der Waals surface area contributed by atoms with Crippen LogP contribution in [0.2, 0.25) is 0 Å². The van der Waals surface area contributed by atoms with Crippen LogP contribution in [0.1, 0.15) is 45.0 Å². The number of hydrogen-bond donors (Lipinski definition) is 2. The molecule has 5 nitrogen and oxygen atoms in total. The van der Waals surface area contributed by atoms with Crippen LogP contribution >= 0.6 is 12.2 Å². The van der Waals surface area contributed by atoms with Crippen LogP contribution in [0.5, 0.6) is 0 Å². The molecule has 1 aromatic rings. The first-order valence-corrected chi connectivity index (χ1v) is 6.47. The quantitative estimate of drug-likeness (QED) is 0.789. The van der Waals surface area contributed by atoms with E-state index in [1.165, 1.54) is 0 Å². The zero-order chi connectivity index (χ0) is 12.4.